The van der Waals surface area contributed by atoms with Crippen molar-refractivity contribution in [3.05, 3.63) is 0 Å². The Hall–Kier alpha value is -1.11. The second-order valence-corrected chi connectivity index (χ2v) is 4.06. The largest absolute Gasteiger partial charge is 0.322 e. The lowest BCUT2D eigenvalue weighted by Gasteiger charge is -2.35. The van der Waals surface area contributed by atoms with Gasteiger partial charge < -0.3 is 16.0 Å². The van der Waals surface area contributed by atoms with E-state index in [4.69, 9.17) is 0 Å². The van der Waals surface area contributed by atoms with Gasteiger partial charge in [-0.3, -0.25) is 4.90 Å². The maximum Gasteiger partial charge on any atom is 0.322 e. The average Bonchev–Trinajstić information content (AvgIpc) is 2.31. The highest BCUT2D eigenvalue weighted by molar-refractivity contribution is 7.80. The standard InChI is InChI=1S/C7H12N4O2S/c1-6-7(2,9-4(12)8-6)11(3-14)5(13)10-6/h14H,3H2,1-2H3,(H,10,13)(H2,8,9,12). The predicted octanol–water partition coefficient (Wildman–Crippen LogP) is -0.356. The van der Waals surface area contributed by atoms with E-state index in [-0.39, 0.29) is 17.9 Å². The lowest BCUT2D eigenvalue weighted by atomic mass is 10.00. The van der Waals surface area contributed by atoms with Crippen molar-refractivity contribution in [2.45, 2.75) is 25.2 Å². The summed E-state index contributed by atoms with van der Waals surface area (Å²) in [5.74, 6) is 0.250. The molecule has 3 N–H and O–H groups in total. The van der Waals surface area contributed by atoms with Gasteiger partial charge >= 0.3 is 12.1 Å². The number of fused-ring (bicyclic) bond motifs is 1. The molecule has 6 nitrogen and oxygen atoms in total. The molecule has 78 valence electrons. The molecule has 2 fully saturated rings. The smallest absolute Gasteiger partial charge is 0.312 e. The minimum absolute atomic E-state index is 0.238. The number of rotatable bonds is 1. The molecular weight excluding hydrogens is 204 g/mol. The van der Waals surface area contributed by atoms with Crippen molar-refractivity contribution in [1.29, 1.82) is 0 Å². The molecule has 2 aliphatic heterocycles. The molecule has 4 amide bonds. The lowest BCUT2D eigenvalue weighted by molar-refractivity contribution is 0.131. The number of nitrogens with one attached hydrogen (secondary N) is 3. The van der Waals surface area contributed by atoms with Gasteiger partial charge in [0.25, 0.3) is 0 Å². The van der Waals surface area contributed by atoms with Crippen LogP contribution in [0.25, 0.3) is 0 Å². The monoisotopic (exact) mass is 216 g/mol. The summed E-state index contributed by atoms with van der Waals surface area (Å²) in [5.41, 5.74) is -1.53. The third-order valence-electron chi connectivity index (χ3n) is 2.98. The third-order valence-corrected chi connectivity index (χ3v) is 3.26. The minimum Gasteiger partial charge on any atom is -0.312 e. The van der Waals surface area contributed by atoms with Gasteiger partial charge in [-0.2, -0.15) is 12.6 Å². The average molecular weight is 216 g/mol. The van der Waals surface area contributed by atoms with E-state index in [2.05, 4.69) is 28.6 Å². The topological polar surface area (TPSA) is 73.5 Å². The van der Waals surface area contributed by atoms with Gasteiger partial charge in [0, 0.05) is 0 Å². The summed E-state index contributed by atoms with van der Waals surface area (Å²) in [6, 6.07) is -0.528. The van der Waals surface area contributed by atoms with E-state index in [1.165, 1.54) is 4.90 Å². The number of hydrogen-bond donors (Lipinski definition) is 4. The molecule has 0 saturated carbocycles. The molecule has 0 bridgehead atoms. The van der Waals surface area contributed by atoms with Crippen molar-refractivity contribution >= 4 is 24.7 Å². The Balaban J connectivity index is 2.43. The normalized spacial score (nSPS) is 40.4. The Morgan fingerprint density at radius 3 is 2.50 bits per heavy atom. The van der Waals surface area contributed by atoms with Gasteiger partial charge in [-0.1, -0.05) is 0 Å². The maximum absolute atomic E-state index is 11.5. The van der Waals surface area contributed by atoms with Gasteiger partial charge in [0.15, 0.2) is 11.3 Å². The Labute approximate surface area is 86.8 Å². The molecule has 0 radical (unpaired) electrons. The van der Waals surface area contributed by atoms with Crippen LogP contribution in [0.1, 0.15) is 13.8 Å². The summed E-state index contributed by atoms with van der Waals surface area (Å²) in [4.78, 5) is 24.2. The number of thiol groups is 1. The molecule has 0 aromatic carbocycles. The molecule has 2 rings (SSSR count). The maximum atomic E-state index is 11.5. The second kappa shape index (κ2) is 2.47. The van der Waals surface area contributed by atoms with E-state index in [0.29, 0.717) is 0 Å². The summed E-state index contributed by atoms with van der Waals surface area (Å²) in [7, 11) is 0. The van der Waals surface area contributed by atoms with Gasteiger partial charge in [-0.25, -0.2) is 9.59 Å². The molecule has 2 saturated heterocycles. The summed E-state index contributed by atoms with van der Waals surface area (Å²) in [6.45, 7) is 3.53. The van der Waals surface area contributed by atoms with E-state index in [1.807, 2.05) is 0 Å². The number of amides is 4. The van der Waals surface area contributed by atoms with Crippen LogP contribution in [-0.4, -0.2) is 34.2 Å². The molecular formula is C7H12N4O2S. The van der Waals surface area contributed by atoms with E-state index >= 15 is 0 Å². The van der Waals surface area contributed by atoms with Gasteiger partial charge in [0.05, 0.1) is 5.88 Å². The van der Waals surface area contributed by atoms with Gasteiger partial charge in [-0.05, 0) is 13.8 Å². The molecule has 0 aromatic heterocycles. The highest BCUT2D eigenvalue weighted by atomic mass is 32.1. The second-order valence-electron chi connectivity index (χ2n) is 3.78. The van der Waals surface area contributed by atoms with Crippen molar-refractivity contribution in [1.82, 2.24) is 20.9 Å². The quantitative estimate of drug-likeness (QED) is 0.452. The van der Waals surface area contributed by atoms with Crippen LogP contribution >= 0.6 is 12.6 Å². The van der Waals surface area contributed by atoms with Crippen molar-refractivity contribution in [3.63, 3.8) is 0 Å². The molecule has 14 heavy (non-hydrogen) atoms. The van der Waals surface area contributed by atoms with E-state index in [1.54, 1.807) is 13.8 Å². The van der Waals surface area contributed by atoms with Crippen molar-refractivity contribution in [3.8, 4) is 0 Å². The van der Waals surface area contributed by atoms with Gasteiger partial charge in [-0.15, -0.1) is 0 Å². The van der Waals surface area contributed by atoms with Crippen molar-refractivity contribution in [2.75, 3.05) is 5.88 Å². The van der Waals surface area contributed by atoms with E-state index in [0.717, 1.165) is 0 Å². The highest BCUT2D eigenvalue weighted by Crippen LogP contribution is 2.33. The molecule has 2 aliphatic rings. The Kier molecular flexibility index (Phi) is 1.67. The number of nitrogens with zero attached hydrogens (tertiary/aromatic N) is 1. The Morgan fingerprint density at radius 1 is 1.29 bits per heavy atom. The first-order valence-corrected chi connectivity index (χ1v) is 4.87. The zero-order valence-corrected chi connectivity index (χ0v) is 8.81. The molecule has 2 heterocycles. The van der Waals surface area contributed by atoms with Gasteiger partial charge in [0.2, 0.25) is 0 Å². The first-order valence-electron chi connectivity index (χ1n) is 4.24. The Morgan fingerprint density at radius 2 is 1.93 bits per heavy atom. The third kappa shape index (κ3) is 0.875. The Bertz CT molecular complexity index is 323. The molecule has 2 unspecified atom stereocenters. The molecule has 7 heteroatoms. The summed E-state index contributed by atoms with van der Waals surface area (Å²) in [6.07, 6.45) is 0. The zero-order valence-electron chi connectivity index (χ0n) is 7.92. The van der Waals surface area contributed by atoms with Crippen molar-refractivity contribution < 1.29 is 9.59 Å². The summed E-state index contributed by atoms with van der Waals surface area (Å²) >= 11 is 4.06. The van der Waals surface area contributed by atoms with Crippen LogP contribution in [0.4, 0.5) is 9.59 Å². The van der Waals surface area contributed by atoms with Crippen LogP contribution in [0, 0.1) is 0 Å². The summed E-state index contributed by atoms with van der Waals surface area (Å²) in [5, 5.41) is 8.09. The number of hydrogen-bond acceptors (Lipinski definition) is 3. The number of carbonyl (C=O) groups excluding carboxylic acids is 2. The van der Waals surface area contributed by atoms with Crippen LogP contribution in [0.2, 0.25) is 0 Å². The zero-order chi connectivity index (χ0) is 10.6. The SMILES string of the molecule is CC12NC(=O)NC1(C)N(CS)C(=O)N2. The van der Waals surface area contributed by atoms with Crippen LogP contribution < -0.4 is 16.0 Å². The predicted molar refractivity (Wildman–Crippen MR) is 52.7 cm³/mol. The van der Waals surface area contributed by atoms with Crippen LogP contribution in [-0.2, 0) is 0 Å². The van der Waals surface area contributed by atoms with E-state index in [9.17, 15) is 9.59 Å². The van der Waals surface area contributed by atoms with E-state index < -0.39 is 11.3 Å². The van der Waals surface area contributed by atoms with Gasteiger partial charge in [0.1, 0.15) is 0 Å². The summed E-state index contributed by atoms with van der Waals surface area (Å²) < 4.78 is 0. The first-order chi connectivity index (χ1) is 6.43. The fourth-order valence-corrected chi connectivity index (χ4v) is 2.32. The van der Waals surface area contributed by atoms with Crippen LogP contribution in [0.5, 0.6) is 0 Å². The fourth-order valence-electron chi connectivity index (χ4n) is 1.91. The lowest BCUT2D eigenvalue weighted by Crippen LogP contribution is -2.62. The number of carbonyl (C=O) groups is 2. The van der Waals surface area contributed by atoms with Crippen LogP contribution in [0.3, 0.4) is 0 Å². The first kappa shape index (κ1) is 9.45. The van der Waals surface area contributed by atoms with Crippen molar-refractivity contribution in [2.24, 2.45) is 0 Å². The molecule has 0 spiro atoms. The fraction of sp³-hybridized carbons (Fsp3) is 0.714. The molecule has 2 atom stereocenters. The highest BCUT2D eigenvalue weighted by Gasteiger charge is 2.63. The minimum atomic E-state index is -0.774. The molecule has 0 aliphatic carbocycles. The number of urea groups is 2. The van der Waals surface area contributed by atoms with Crippen LogP contribution in [0.15, 0.2) is 0 Å². The molecule has 0 aromatic rings.